The van der Waals surface area contributed by atoms with E-state index in [-0.39, 0.29) is 11.8 Å². The summed E-state index contributed by atoms with van der Waals surface area (Å²) >= 11 is 0. The first-order valence-corrected chi connectivity index (χ1v) is 4.02. The molecule has 64 valence electrons. The maximum absolute atomic E-state index is 11.2. The number of carbonyl (C=O) groups excluding carboxylic acids is 1. The van der Waals surface area contributed by atoms with Crippen LogP contribution in [0.25, 0.3) is 0 Å². The predicted octanol–water partition coefficient (Wildman–Crippen LogP) is 1.54. The fourth-order valence-corrected chi connectivity index (χ4v) is 1.11. The van der Waals surface area contributed by atoms with Gasteiger partial charge in [-0.3, -0.25) is 4.79 Å². The number of hydrogen-bond donors (Lipinski definition) is 1. The number of hydrogen-bond acceptors (Lipinski definition) is 1. The molecule has 0 aliphatic rings. The maximum atomic E-state index is 11.2. The quantitative estimate of drug-likeness (QED) is 0.704. The Morgan fingerprint density at radius 2 is 1.92 bits per heavy atom. The highest BCUT2D eigenvalue weighted by molar-refractivity contribution is 5.82. The summed E-state index contributed by atoms with van der Waals surface area (Å²) in [5.41, 5.74) is 1.05. The fraction of sp³-hybridized carbons (Fsp3) is 0.300. The van der Waals surface area contributed by atoms with Crippen molar-refractivity contribution >= 4 is 5.91 Å². The normalized spacial score (nSPS) is 12.2. The lowest BCUT2D eigenvalue weighted by atomic mass is 10.0. The second-order valence-electron chi connectivity index (χ2n) is 2.75. The Balaban J connectivity index is 2.78. The third kappa shape index (κ3) is 1.84. The molecule has 0 unspecified atom stereocenters. The van der Waals surface area contributed by atoms with Crippen molar-refractivity contribution in [1.29, 1.82) is 0 Å². The minimum absolute atomic E-state index is 0.0567. The molecule has 0 fully saturated rings. The number of amides is 1. The van der Waals surface area contributed by atoms with Crippen LogP contribution in [0.2, 0.25) is 0 Å². The van der Waals surface area contributed by atoms with Gasteiger partial charge < -0.3 is 5.32 Å². The van der Waals surface area contributed by atoms with Gasteiger partial charge in [-0.1, -0.05) is 30.3 Å². The molecule has 0 saturated heterocycles. The number of benzene rings is 1. The minimum atomic E-state index is -0.0591. The molecule has 1 atom stereocenters. The first kappa shape index (κ1) is 8.78. The van der Waals surface area contributed by atoms with Crippen molar-refractivity contribution in [1.82, 2.24) is 5.32 Å². The lowest BCUT2D eigenvalue weighted by Gasteiger charge is -2.08. The zero-order valence-electron chi connectivity index (χ0n) is 7.37. The van der Waals surface area contributed by atoms with Gasteiger partial charge in [0.1, 0.15) is 0 Å². The second-order valence-corrected chi connectivity index (χ2v) is 2.75. The van der Waals surface area contributed by atoms with Crippen molar-refractivity contribution in [2.75, 3.05) is 7.05 Å². The van der Waals surface area contributed by atoms with Gasteiger partial charge in [0.2, 0.25) is 5.91 Å². The molecular weight excluding hydrogens is 150 g/mol. The average molecular weight is 163 g/mol. The van der Waals surface area contributed by atoms with E-state index in [0.29, 0.717) is 0 Å². The molecule has 1 rings (SSSR count). The third-order valence-corrected chi connectivity index (χ3v) is 1.94. The zero-order chi connectivity index (χ0) is 8.97. The van der Waals surface area contributed by atoms with Gasteiger partial charge in [-0.15, -0.1) is 0 Å². The van der Waals surface area contributed by atoms with Gasteiger partial charge in [-0.25, -0.2) is 0 Å². The van der Waals surface area contributed by atoms with Crippen molar-refractivity contribution in [3.8, 4) is 0 Å². The minimum Gasteiger partial charge on any atom is -0.359 e. The summed E-state index contributed by atoms with van der Waals surface area (Å²) < 4.78 is 0. The van der Waals surface area contributed by atoms with Crippen LogP contribution in [0.4, 0.5) is 0 Å². The van der Waals surface area contributed by atoms with E-state index < -0.39 is 0 Å². The molecular formula is C10H13NO. The Morgan fingerprint density at radius 3 is 2.42 bits per heavy atom. The van der Waals surface area contributed by atoms with Crippen LogP contribution in [0, 0.1) is 0 Å². The van der Waals surface area contributed by atoms with Crippen LogP contribution in [0.3, 0.4) is 0 Å². The molecule has 0 aliphatic carbocycles. The first-order valence-electron chi connectivity index (χ1n) is 4.02. The van der Waals surface area contributed by atoms with Crippen LogP contribution in [0.1, 0.15) is 18.4 Å². The number of nitrogens with one attached hydrogen (secondary N) is 1. The SMILES string of the molecule is CNC(=O)[C@H](C)c1ccccc1. The van der Waals surface area contributed by atoms with E-state index >= 15 is 0 Å². The zero-order valence-corrected chi connectivity index (χ0v) is 7.37. The fourth-order valence-electron chi connectivity index (χ4n) is 1.11. The van der Waals surface area contributed by atoms with E-state index in [4.69, 9.17) is 0 Å². The molecule has 0 radical (unpaired) electrons. The Labute approximate surface area is 72.6 Å². The molecule has 0 bridgehead atoms. The standard InChI is InChI=1S/C10H13NO/c1-8(10(12)11-2)9-6-4-3-5-7-9/h3-8H,1-2H3,(H,11,12)/t8-/m1/s1. The van der Waals surface area contributed by atoms with Crippen LogP contribution in [0.15, 0.2) is 30.3 Å². The van der Waals surface area contributed by atoms with Crippen molar-refractivity contribution < 1.29 is 4.79 Å². The van der Waals surface area contributed by atoms with Crippen molar-refractivity contribution in [3.05, 3.63) is 35.9 Å². The number of carbonyl (C=O) groups is 1. The van der Waals surface area contributed by atoms with Crippen LogP contribution in [-0.2, 0) is 4.79 Å². The van der Waals surface area contributed by atoms with Crippen molar-refractivity contribution in [2.45, 2.75) is 12.8 Å². The van der Waals surface area contributed by atoms with Crippen LogP contribution < -0.4 is 5.32 Å². The van der Waals surface area contributed by atoms with Gasteiger partial charge in [-0.2, -0.15) is 0 Å². The Kier molecular flexibility index (Phi) is 2.86. The highest BCUT2D eigenvalue weighted by atomic mass is 16.1. The number of rotatable bonds is 2. The molecule has 12 heavy (non-hydrogen) atoms. The molecule has 2 heteroatoms. The monoisotopic (exact) mass is 163 g/mol. The lowest BCUT2D eigenvalue weighted by Crippen LogP contribution is -2.23. The third-order valence-electron chi connectivity index (χ3n) is 1.94. The molecule has 0 saturated carbocycles. The van der Waals surface area contributed by atoms with E-state index in [1.807, 2.05) is 37.3 Å². The molecule has 2 nitrogen and oxygen atoms in total. The largest absolute Gasteiger partial charge is 0.359 e. The summed E-state index contributed by atoms with van der Waals surface area (Å²) in [5, 5.41) is 2.62. The Morgan fingerprint density at radius 1 is 1.33 bits per heavy atom. The van der Waals surface area contributed by atoms with Gasteiger partial charge in [0, 0.05) is 7.05 Å². The van der Waals surface area contributed by atoms with E-state index in [0.717, 1.165) is 5.56 Å². The predicted molar refractivity (Wildman–Crippen MR) is 48.9 cm³/mol. The molecule has 0 aliphatic heterocycles. The molecule has 1 N–H and O–H groups in total. The van der Waals surface area contributed by atoms with E-state index in [1.165, 1.54) is 0 Å². The first-order chi connectivity index (χ1) is 5.75. The number of likely N-dealkylation sites (N-methyl/N-ethyl adjacent to an activating group) is 1. The molecule has 0 aromatic heterocycles. The van der Waals surface area contributed by atoms with Gasteiger partial charge in [0.15, 0.2) is 0 Å². The molecule has 0 heterocycles. The topological polar surface area (TPSA) is 29.1 Å². The van der Waals surface area contributed by atoms with Gasteiger partial charge in [0.05, 0.1) is 5.92 Å². The van der Waals surface area contributed by atoms with Crippen LogP contribution in [-0.4, -0.2) is 13.0 Å². The molecule has 1 aromatic rings. The van der Waals surface area contributed by atoms with E-state index in [1.54, 1.807) is 7.05 Å². The van der Waals surface area contributed by atoms with Crippen molar-refractivity contribution in [3.63, 3.8) is 0 Å². The summed E-state index contributed by atoms with van der Waals surface area (Å²) in [6.45, 7) is 1.90. The van der Waals surface area contributed by atoms with Crippen LogP contribution >= 0.6 is 0 Å². The maximum Gasteiger partial charge on any atom is 0.227 e. The van der Waals surface area contributed by atoms with Gasteiger partial charge in [-0.05, 0) is 12.5 Å². The van der Waals surface area contributed by atoms with Crippen molar-refractivity contribution in [2.24, 2.45) is 0 Å². The Bertz CT molecular complexity index is 256. The summed E-state index contributed by atoms with van der Waals surface area (Å²) in [6.07, 6.45) is 0. The lowest BCUT2D eigenvalue weighted by molar-refractivity contribution is -0.121. The molecule has 1 aromatic carbocycles. The van der Waals surface area contributed by atoms with E-state index in [9.17, 15) is 4.79 Å². The average Bonchev–Trinajstić information content (AvgIpc) is 2.17. The van der Waals surface area contributed by atoms with Crippen LogP contribution in [0.5, 0.6) is 0 Å². The highest BCUT2D eigenvalue weighted by Gasteiger charge is 2.11. The van der Waals surface area contributed by atoms with Gasteiger partial charge >= 0.3 is 0 Å². The summed E-state index contributed by atoms with van der Waals surface area (Å²) in [5.74, 6) is -0.00241. The molecule has 0 spiro atoms. The smallest absolute Gasteiger partial charge is 0.227 e. The Hall–Kier alpha value is -1.31. The second kappa shape index (κ2) is 3.90. The summed E-state index contributed by atoms with van der Waals surface area (Å²) in [6, 6.07) is 9.74. The van der Waals surface area contributed by atoms with Gasteiger partial charge in [0.25, 0.3) is 0 Å². The summed E-state index contributed by atoms with van der Waals surface area (Å²) in [7, 11) is 1.65. The summed E-state index contributed by atoms with van der Waals surface area (Å²) in [4.78, 5) is 11.2. The highest BCUT2D eigenvalue weighted by Crippen LogP contribution is 2.13. The van der Waals surface area contributed by atoms with E-state index in [2.05, 4.69) is 5.32 Å². The molecule has 1 amide bonds.